The zero-order valence-electron chi connectivity index (χ0n) is 14.7. The second-order valence-corrected chi connectivity index (χ2v) is 6.30. The van der Waals surface area contributed by atoms with E-state index in [9.17, 15) is 24.9 Å². The van der Waals surface area contributed by atoms with Crippen LogP contribution in [-0.4, -0.2) is 82.7 Å². The summed E-state index contributed by atoms with van der Waals surface area (Å²) in [6.07, 6.45) is -2.77. The zero-order chi connectivity index (χ0) is 19.5. The van der Waals surface area contributed by atoms with Crippen molar-refractivity contribution in [1.29, 1.82) is 0 Å². The Morgan fingerprint density at radius 1 is 1.00 bits per heavy atom. The number of amides is 2. The summed E-state index contributed by atoms with van der Waals surface area (Å²) in [5.74, 6) is -0.459. The lowest BCUT2D eigenvalue weighted by molar-refractivity contribution is -0.300. The molecule has 0 spiro atoms. The molecule has 1 aliphatic heterocycles. The SMILES string of the molecule is NC(=O)CCCCCCC(=O)NCCO[C@H]1O[C@H](CO)[C@@H](O)[C@H](O)[C@@H]1O. The van der Waals surface area contributed by atoms with E-state index < -0.39 is 37.3 Å². The van der Waals surface area contributed by atoms with E-state index in [1.54, 1.807) is 0 Å². The minimum atomic E-state index is -1.49. The van der Waals surface area contributed by atoms with E-state index in [1.807, 2.05) is 0 Å². The third-order valence-electron chi connectivity index (χ3n) is 4.13. The van der Waals surface area contributed by atoms with E-state index in [0.717, 1.165) is 19.3 Å². The molecular formula is C16H30N2O8. The molecule has 7 N–H and O–H groups in total. The summed E-state index contributed by atoms with van der Waals surface area (Å²) in [5.41, 5.74) is 5.04. The van der Waals surface area contributed by atoms with Crippen LogP contribution in [0.5, 0.6) is 0 Å². The molecule has 10 heteroatoms. The molecule has 5 atom stereocenters. The zero-order valence-corrected chi connectivity index (χ0v) is 14.7. The van der Waals surface area contributed by atoms with Gasteiger partial charge in [0, 0.05) is 19.4 Å². The Labute approximate surface area is 152 Å². The van der Waals surface area contributed by atoms with Gasteiger partial charge in [-0.05, 0) is 12.8 Å². The van der Waals surface area contributed by atoms with Crippen LogP contribution in [0.3, 0.4) is 0 Å². The summed E-state index contributed by atoms with van der Waals surface area (Å²) >= 11 is 0. The van der Waals surface area contributed by atoms with Gasteiger partial charge in [0.15, 0.2) is 6.29 Å². The molecule has 0 aromatic rings. The number of primary amides is 1. The minimum Gasteiger partial charge on any atom is -0.394 e. The fourth-order valence-corrected chi connectivity index (χ4v) is 2.60. The van der Waals surface area contributed by atoms with Crippen LogP contribution in [0.4, 0.5) is 0 Å². The quantitative estimate of drug-likeness (QED) is 0.207. The van der Waals surface area contributed by atoms with Crippen molar-refractivity contribution >= 4 is 11.8 Å². The molecule has 0 bridgehead atoms. The van der Waals surface area contributed by atoms with Crippen LogP contribution in [0.15, 0.2) is 0 Å². The summed E-state index contributed by atoms with van der Waals surface area (Å²) in [6.45, 7) is -0.302. The highest BCUT2D eigenvalue weighted by Crippen LogP contribution is 2.21. The monoisotopic (exact) mass is 378 g/mol. The molecule has 10 nitrogen and oxygen atoms in total. The van der Waals surface area contributed by atoms with E-state index in [1.165, 1.54) is 0 Å². The fourth-order valence-electron chi connectivity index (χ4n) is 2.60. The van der Waals surface area contributed by atoms with E-state index in [2.05, 4.69) is 5.32 Å². The van der Waals surface area contributed by atoms with Gasteiger partial charge in [0.25, 0.3) is 0 Å². The predicted molar refractivity (Wildman–Crippen MR) is 89.6 cm³/mol. The normalized spacial score (nSPS) is 28.7. The van der Waals surface area contributed by atoms with Crippen molar-refractivity contribution in [3.8, 4) is 0 Å². The number of aliphatic hydroxyl groups excluding tert-OH is 4. The van der Waals surface area contributed by atoms with Gasteiger partial charge in [0.2, 0.25) is 11.8 Å². The van der Waals surface area contributed by atoms with Crippen molar-refractivity contribution in [1.82, 2.24) is 5.32 Å². The summed E-state index contributed by atoms with van der Waals surface area (Å²) < 4.78 is 10.4. The van der Waals surface area contributed by atoms with Crippen LogP contribution in [0.1, 0.15) is 38.5 Å². The Balaban J connectivity index is 2.11. The number of unbranched alkanes of at least 4 members (excludes halogenated alkanes) is 3. The average Bonchev–Trinajstić information content (AvgIpc) is 2.61. The number of nitrogens with one attached hydrogen (secondary N) is 1. The summed E-state index contributed by atoms with van der Waals surface area (Å²) in [6, 6.07) is 0. The maximum Gasteiger partial charge on any atom is 0.220 e. The van der Waals surface area contributed by atoms with Crippen molar-refractivity contribution in [3.05, 3.63) is 0 Å². The van der Waals surface area contributed by atoms with Crippen molar-refractivity contribution in [2.75, 3.05) is 19.8 Å². The molecule has 26 heavy (non-hydrogen) atoms. The first-order valence-electron chi connectivity index (χ1n) is 8.84. The van der Waals surface area contributed by atoms with Gasteiger partial charge >= 0.3 is 0 Å². The van der Waals surface area contributed by atoms with Gasteiger partial charge < -0.3 is 41.0 Å². The molecular weight excluding hydrogens is 348 g/mol. The molecule has 1 fully saturated rings. The number of nitrogens with two attached hydrogens (primary N) is 1. The van der Waals surface area contributed by atoms with Gasteiger partial charge in [-0.2, -0.15) is 0 Å². The summed E-state index contributed by atoms with van der Waals surface area (Å²) in [4.78, 5) is 22.2. The smallest absolute Gasteiger partial charge is 0.220 e. The first kappa shape index (κ1) is 22.7. The summed E-state index contributed by atoms with van der Waals surface area (Å²) in [5, 5.41) is 40.8. The van der Waals surface area contributed by atoms with Gasteiger partial charge in [0.1, 0.15) is 24.4 Å². The highest BCUT2D eigenvalue weighted by Gasteiger charge is 2.43. The molecule has 1 saturated heterocycles. The van der Waals surface area contributed by atoms with Crippen LogP contribution in [0.2, 0.25) is 0 Å². The van der Waals surface area contributed by atoms with E-state index in [4.69, 9.17) is 20.3 Å². The number of ether oxygens (including phenoxy) is 2. The number of carbonyl (C=O) groups excluding carboxylic acids is 2. The van der Waals surface area contributed by atoms with Crippen molar-refractivity contribution in [3.63, 3.8) is 0 Å². The molecule has 1 heterocycles. The van der Waals surface area contributed by atoms with Crippen molar-refractivity contribution in [2.45, 2.75) is 69.2 Å². The van der Waals surface area contributed by atoms with Crippen LogP contribution < -0.4 is 11.1 Å². The van der Waals surface area contributed by atoms with E-state index in [0.29, 0.717) is 19.3 Å². The standard InChI is InChI=1S/C16H30N2O8/c17-11(20)5-3-1-2-4-6-12(21)18-7-8-25-16-15(24)14(23)13(22)10(9-19)26-16/h10,13-16,19,22-24H,1-9H2,(H2,17,20)(H,18,21)/t10-,13-,14+,15+,16+/m1/s1. The van der Waals surface area contributed by atoms with Crippen LogP contribution in [-0.2, 0) is 19.1 Å². The van der Waals surface area contributed by atoms with Crippen LogP contribution in [0.25, 0.3) is 0 Å². The van der Waals surface area contributed by atoms with Gasteiger partial charge in [0.05, 0.1) is 13.2 Å². The molecule has 152 valence electrons. The molecule has 0 aromatic heterocycles. The Morgan fingerprint density at radius 3 is 2.27 bits per heavy atom. The highest BCUT2D eigenvalue weighted by molar-refractivity contribution is 5.75. The molecule has 1 aliphatic rings. The molecule has 2 amide bonds. The van der Waals surface area contributed by atoms with Crippen LogP contribution >= 0.6 is 0 Å². The first-order valence-corrected chi connectivity index (χ1v) is 8.84. The summed E-state index contributed by atoms with van der Waals surface area (Å²) in [7, 11) is 0. The molecule has 0 aliphatic carbocycles. The van der Waals surface area contributed by atoms with Gasteiger partial charge in [-0.15, -0.1) is 0 Å². The largest absolute Gasteiger partial charge is 0.394 e. The van der Waals surface area contributed by atoms with Crippen molar-refractivity contribution in [2.24, 2.45) is 5.73 Å². The lowest BCUT2D eigenvalue weighted by Gasteiger charge is -2.39. The number of carbonyl (C=O) groups is 2. The van der Waals surface area contributed by atoms with Gasteiger partial charge in [-0.25, -0.2) is 0 Å². The first-order chi connectivity index (χ1) is 12.4. The Morgan fingerprint density at radius 2 is 1.65 bits per heavy atom. The maximum absolute atomic E-state index is 11.7. The van der Waals surface area contributed by atoms with Gasteiger partial charge in [-0.3, -0.25) is 9.59 Å². The molecule has 0 unspecified atom stereocenters. The molecule has 0 aromatic carbocycles. The molecule has 1 rings (SSSR count). The third-order valence-corrected chi connectivity index (χ3v) is 4.13. The fraction of sp³-hybridized carbons (Fsp3) is 0.875. The van der Waals surface area contributed by atoms with E-state index in [-0.39, 0.29) is 25.0 Å². The van der Waals surface area contributed by atoms with Crippen LogP contribution in [0, 0.1) is 0 Å². The average molecular weight is 378 g/mol. The Kier molecular flexibility index (Phi) is 10.6. The lowest BCUT2D eigenvalue weighted by Crippen LogP contribution is -2.59. The number of hydrogen-bond donors (Lipinski definition) is 6. The maximum atomic E-state index is 11.7. The number of rotatable bonds is 12. The lowest BCUT2D eigenvalue weighted by atomic mass is 9.99. The second kappa shape index (κ2) is 12.2. The highest BCUT2D eigenvalue weighted by atomic mass is 16.7. The van der Waals surface area contributed by atoms with E-state index >= 15 is 0 Å². The third kappa shape index (κ3) is 7.94. The predicted octanol–water partition coefficient (Wildman–Crippen LogP) is -2.25. The number of hydrogen-bond acceptors (Lipinski definition) is 8. The second-order valence-electron chi connectivity index (χ2n) is 6.30. The van der Waals surface area contributed by atoms with Crippen molar-refractivity contribution < 1.29 is 39.5 Å². The Bertz CT molecular complexity index is 434. The topological polar surface area (TPSA) is 172 Å². The molecule has 0 radical (unpaired) electrons. The Hall–Kier alpha value is -1.30. The minimum absolute atomic E-state index is 0.0348. The number of aliphatic hydroxyl groups is 4. The van der Waals surface area contributed by atoms with Gasteiger partial charge in [-0.1, -0.05) is 12.8 Å². The molecule has 0 saturated carbocycles.